The second-order valence-corrected chi connectivity index (χ2v) is 4.76. The summed E-state index contributed by atoms with van der Waals surface area (Å²) in [6.45, 7) is 1.87. The molecular weight excluding hydrogens is 229 g/mol. The van der Waals surface area contributed by atoms with Crippen LogP contribution >= 0.6 is 0 Å². The summed E-state index contributed by atoms with van der Waals surface area (Å²) in [6.07, 6.45) is 0.746. The van der Waals surface area contributed by atoms with Gasteiger partial charge >= 0.3 is 6.18 Å². The Labute approximate surface area is 100 Å². The molecule has 1 saturated carbocycles. The molecule has 0 heterocycles. The van der Waals surface area contributed by atoms with Crippen molar-refractivity contribution in [3.8, 4) is 6.07 Å². The van der Waals surface area contributed by atoms with Gasteiger partial charge in [0.15, 0.2) is 5.92 Å². The average molecular weight is 248 g/mol. The van der Waals surface area contributed by atoms with Crippen molar-refractivity contribution in [1.29, 1.82) is 5.26 Å². The van der Waals surface area contributed by atoms with E-state index < -0.39 is 12.1 Å². The Balaban J connectivity index is 2.30. The van der Waals surface area contributed by atoms with E-state index in [9.17, 15) is 13.2 Å². The molecule has 0 bridgehead atoms. The average Bonchev–Trinajstić information content (AvgIpc) is 2.29. The van der Waals surface area contributed by atoms with Crippen molar-refractivity contribution in [2.45, 2.75) is 51.2 Å². The van der Waals surface area contributed by atoms with E-state index in [1.54, 1.807) is 0 Å². The van der Waals surface area contributed by atoms with Gasteiger partial charge in [0.2, 0.25) is 0 Å². The first-order valence-corrected chi connectivity index (χ1v) is 6.17. The molecule has 0 saturated heterocycles. The van der Waals surface area contributed by atoms with Gasteiger partial charge < -0.3 is 5.32 Å². The van der Waals surface area contributed by atoms with Crippen LogP contribution < -0.4 is 5.32 Å². The molecule has 0 aliphatic heterocycles. The van der Waals surface area contributed by atoms with Gasteiger partial charge in [-0.3, -0.25) is 0 Å². The second-order valence-electron chi connectivity index (χ2n) is 4.76. The monoisotopic (exact) mass is 248 g/mol. The van der Waals surface area contributed by atoms with Crippen LogP contribution in [0.3, 0.4) is 0 Å². The molecule has 2 nitrogen and oxygen atoms in total. The largest absolute Gasteiger partial charge is 0.405 e. The predicted octanol–water partition coefficient (Wildman–Crippen LogP) is 3.25. The van der Waals surface area contributed by atoms with Crippen LogP contribution in [0, 0.1) is 23.2 Å². The van der Waals surface area contributed by atoms with E-state index in [4.69, 9.17) is 5.26 Å². The predicted molar refractivity (Wildman–Crippen MR) is 59.2 cm³/mol. The fourth-order valence-corrected chi connectivity index (χ4v) is 2.29. The van der Waals surface area contributed by atoms with Crippen LogP contribution in [0.5, 0.6) is 0 Å². The van der Waals surface area contributed by atoms with Gasteiger partial charge in [0.25, 0.3) is 0 Å². The molecule has 1 rings (SSSR count). The Morgan fingerprint density at radius 1 is 1.29 bits per heavy atom. The Morgan fingerprint density at radius 2 is 1.88 bits per heavy atom. The summed E-state index contributed by atoms with van der Waals surface area (Å²) in [5, 5.41) is 11.3. The second kappa shape index (κ2) is 6.25. The minimum Gasteiger partial charge on any atom is -0.312 e. The van der Waals surface area contributed by atoms with Gasteiger partial charge in [-0.05, 0) is 31.6 Å². The maximum Gasteiger partial charge on any atom is 0.405 e. The first kappa shape index (κ1) is 14.3. The normalized spacial score (nSPS) is 27.5. The van der Waals surface area contributed by atoms with Crippen molar-refractivity contribution in [2.75, 3.05) is 6.54 Å². The number of hydrogen-bond acceptors (Lipinski definition) is 2. The number of hydrogen-bond donors (Lipinski definition) is 1. The smallest absolute Gasteiger partial charge is 0.312 e. The summed E-state index contributed by atoms with van der Waals surface area (Å²) >= 11 is 0. The van der Waals surface area contributed by atoms with Crippen molar-refractivity contribution in [3.63, 3.8) is 0 Å². The van der Waals surface area contributed by atoms with Crippen LogP contribution in [-0.4, -0.2) is 18.8 Å². The molecule has 17 heavy (non-hydrogen) atoms. The van der Waals surface area contributed by atoms with Crippen molar-refractivity contribution in [2.24, 2.45) is 11.8 Å². The molecule has 0 radical (unpaired) electrons. The van der Waals surface area contributed by atoms with Crippen LogP contribution in [0.1, 0.15) is 39.0 Å². The molecule has 0 aromatic rings. The fraction of sp³-hybridized carbons (Fsp3) is 0.917. The van der Waals surface area contributed by atoms with E-state index >= 15 is 0 Å². The molecule has 1 N–H and O–H groups in total. The highest BCUT2D eigenvalue weighted by Gasteiger charge is 2.40. The maximum atomic E-state index is 12.3. The Bertz CT molecular complexity index is 262. The van der Waals surface area contributed by atoms with Gasteiger partial charge in [-0.2, -0.15) is 18.4 Å². The lowest BCUT2D eigenvalue weighted by molar-refractivity contribution is -0.158. The van der Waals surface area contributed by atoms with Crippen molar-refractivity contribution in [3.05, 3.63) is 0 Å². The van der Waals surface area contributed by atoms with Crippen molar-refractivity contribution >= 4 is 0 Å². The molecule has 1 fully saturated rings. The molecule has 1 aliphatic rings. The number of nitrogens with zero attached hydrogens (tertiary/aromatic N) is 1. The SMILES string of the molecule is CCC1CCC(NCC(C#N)C(F)(F)F)CC1. The third kappa shape index (κ3) is 4.55. The lowest BCUT2D eigenvalue weighted by Gasteiger charge is -2.29. The zero-order valence-electron chi connectivity index (χ0n) is 10.1. The molecule has 5 heteroatoms. The Kier molecular flexibility index (Phi) is 5.26. The lowest BCUT2D eigenvalue weighted by Crippen LogP contribution is -2.39. The highest BCUT2D eigenvalue weighted by atomic mass is 19.4. The molecule has 98 valence electrons. The van der Waals surface area contributed by atoms with Gasteiger partial charge in [0.1, 0.15) is 0 Å². The number of halogens is 3. The van der Waals surface area contributed by atoms with Crippen LogP contribution in [0.2, 0.25) is 0 Å². The minimum absolute atomic E-state index is 0.149. The van der Waals surface area contributed by atoms with Crippen LogP contribution in [0.15, 0.2) is 0 Å². The number of nitrogens with one attached hydrogen (secondary N) is 1. The van der Waals surface area contributed by atoms with E-state index in [2.05, 4.69) is 12.2 Å². The van der Waals surface area contributed by atoms with Gasteiger partial charge in [-0.15, -0.1) is 0 Å². The van der Waals surface area contributed by atoms with Gasteiger partial charge in [-0.1, -0.05) is 13.3 Å². The standard InChI is InChI=1S/C12H19F3N2/c1-2-9-3-5-11(6-4-9)17-8-10(7-16)12(13,14)15/h9-11,17H,2-6,8H2,1H3. The van der Waals surface area contributed by atoms with E-state index in [-0.39, 0.29) is 12.6 Å². The third-order valence-electron chi connectivity index (χ3n) is 3.59. The molecule has 0 aromatic carbocycles. The van der Waals surface area contributed by atoms with E-state index in [1.807, 2.05) is 0 Å². The maximum absolute atomic E-state index is 12.3. The quantitative estimate of drug-likeness (QED) is 0.829. The third-order valence-corrected chi connectivity index (χ3v) is 3.59. The zero-order valence-corrected chi connectivity index (χ0v) is 10.1. The summed E-state index contributed by atoms with van der Waals surface area (Å²) in [6, 6.07) is 1.46. The molecular formula is C12H19F3N2. The molecule has 0 spiro atoms. The van der Waals surface area contributed by atoms with E-state index in [0.717, 1.165) is 38.0 Å². The van der Waals surface area contributed by atoms with Gasteiger partial charge in [0, 0.05) is 12.6 Å². The van der Waals surface area contributed by atoms with Crippen LogP contribution in [0.25, 0.3) is 0 Å². The van der Waals surface area contributed by atoms with Gasteiger partial charge in [0.05, 0.1) is 6.07 Å². The first-order chi connectivity index (χ1) is 7.97. The summed E-state index contributed by atoms with van der Waals surface area (Å²) < 4.78 is 37.0. The number of nitriles is 1. The molecule has 1 aliphatic carbocycles. The molecule has 0 amide bonds. The minimum atomic E-state index is -4.41. The molecule has 0 aromatic heterocycles. The molecule has 1 atom stereocenters. The van der Waals surface area contributed by atoms with Crippen LogP contribution in [0.4, 0.5) is 13.2 Å². The number of rotatable bonds is 4. The first-order valence-electron chi connectivity index (χ1n) is 6.17. The van der Waals surface area contributed by atoms with E-state index in [0.29, 0.717) is 0 Å². The Hall–Kier alpha value is -0.760. The highest BCUT2D eigenvalue weighted by molar-refractivity contribution is 4.91. The van der Waals surface area contributed by atoms with E-state index in [1.165, 1.54) is 6.07 Å². The summed E-state index contributed by atoms with van der Waals surface area (Å²) in [4.78, 5) is 0. The summed E-state index contributed by atoms with van der Waals surface area (Å²) in [7, 11) is 0. The van der Waals surface area contributed by atoms with Gasteiger partial charge in [-0.25, -0.2) is 0 Å². The Morgan fingerprint density at radius 3 is 2.29 bits per heavy atom. The zero-order chi connectivity index (χ0) is 12.9. The topological polar surface area (TPSA) is 35.8 Å². The number of alkyl halides is 3. The summed E-state index contributed by atoms with van der Waals surface area (Å²) in [5.74, 6) is -1.16. The summed E-state index contributed by atoms with van der Waals surface area (Å²) in [5.41, 5.74) is 0. The molecule has 1 unspecified atom stereocenters. The fourth-order valence-electron chi connectivity index (χ4n) is 2.29. The van der Waals surface area contributed by atoms with Crippen LogP contribution in [-0.2, 0) is 0 Å². The van der Waals surface area contributed by atoms with Crippen molar-refractivity contribution in [1.82, 2.24) is 5.32 Å². The highest BCUT2D eigenvalue weighted by Crippen LogP contribution is 2.28. The lowest BCUT2D eigenvalue weighted by atomic mass is 9.84. The van der Waals surface area contributed by atoms with Crippen molar-refractivity contribution < 1.29 is 13.2 Å².